The number of nitrogens with zero attached hydrogens (tertiary/aromatic N) is 1. The Balaban J connectivity index is 1.42. The first-order chi connectivity index (χ1) is 14.5. The van der Waals surface area contributed by atoms with E-state index in [9.17, 15) is 18.4 Å². The zero-order valence-corrected chi connectivity index (χ0v) is 16.4. The first-order valence-electron chi connectivity index (χ1n) is 10.1. The van der Waals surface area contributed by atoms with Gasteiger partial charge in [-0.2, -0.15) is 0 Å². The quantitative estimate of drug-likeness (QED) is 0.803. The maximum Gasteiger partial charge on any atom is 0.319 e. The predicted octanol–water partition coefficient (Wildman–Crippen LogP) is 3.72. The average molecular weight is 415 g/mol. The van der Waals surface area contributed by atoms with Crippen molar-refractivity contribution in [2.75, 3.05) is 25.0 Å². The normalized spacial score (nSPS) is 18.2. The number of amides is 3. The van der Waals surface area contributed by atoms with Gasteiger partial charge in [0.15, 0.2) is 11.6 Å². The standard InChI is InChI=1S/C22H23F2N3O3/c23-15-10-14-11-16(13-30-20(14)18(24)12-15)25-22(29)26-19-7-3-2-6-17(19)21(28)27-8-4-1-5-9-27/h2-3,6-7,10,12,16H,1,4-5,8-9,11,13H2,(H2,25,26,29). The van der Waals surface area contributed by atoms with Crippen molar-refractivity contribution in [3.63, 3.8) is 0 Å². The van der Waals surface area contributed by atoms with Crippen molar-refractivity contribution in [2.45, 2.75) is 31.7 Å². The summed E-state index contributed by atoms with van der Waals surface area (Å²) in [5.41, 5.74) is 1.22. The maximum absolute atomic E-state index is 13.8. The number of anilines is 1. The molecule has 30 heavy (non-hydrogen) atoms. The molecule has 2 aliphatic heterocycles. The summed E-state index contributed by atoms with van der Waals surface area (Å²) in [6, 6.07) is 7.88. The van der Waals surface area contributed by atoms with Crippen LogP contribution in [0.5, 0.6) is 5.75 Å². The molecule has 0 saturated carbocycles. The molecule has 0 spiro atoms. The Morgan fingerprint density at radius 1 is 1.07 bits per heavy atom. The summed E-state index contributed by atoms with van der Waals surface area (Å²) in [6.07, 6.45) is 3.32. The van der Waals surface area contributed by atoms with Gasteiger partial charge in [0.2, 0.25) is 0 Å². The van der Waals surface area contributed by atoms with Gasteiger partial charge in [-0.05, 0) is 43.9 Å². The molecule has 0 radical (unpaired) electrons. The van der Waals surface area contributed by atoms with Gasteiger partial charge in [-0.1, -0.05) is 12.1 Å². The summed E-state index contributed by atoms with van der Waals surface area (Å²) < 4.78 is 32.6. The number of fused-ring (bicyclic) bond motifs is 1. The molecule has 1 fully saturated rings. The molecular formula is C22H23F2N3O3. The van der Waals surface area contributed by atoms with Crippen molar-refractivity contribution < 1.29 is 23.1 Å². The van der Waals surface area contributed by atoms with Gasteiger partial charge in [0, 0.05) is 24.7 Å². The van der Waals surface area contributed by atoms with Crippen LogP contribution in [-0.4, -0.2) is 42.6 Å². The van der Waals surface area contributed by atoms with E-state index in [0.717, 1.165) is 25.3 Å². The van der Waals surface area contributed by atoms with Crippen molar-refractivity contribution in [3.8, 4) is 5.75 Å². The molecule has 1 atom stereocenters. The molecule has 4 rings (SSSR count). The third kappa shape index (κ3) is 4.37. The SMILES string of the molecule is O=C(Nc1ccccc1C(=O)N1CCCCC1)NC1COc2c(F)cc(F)cc2C1. The molecule has 1 saturated heterocycles. The van der Waals surface area contributed by atoms with E-state index in [1.54, 1.807) is 29.2 Å². The molecule has 1 unspecified atom stereocenters. The van der Waals surface area contributed by atoms with E-state index in [0.29, 0.717) is 29.9 Å². The lowest BCUT2D eigenvalue weighted by Gasteiger charge is -2.28. The Hall–Kier alpha value is -3.16. The zero-order valence-electron chi connectivity index (χ0n) is 16.4. The summed E-state index contributed by atoms with van der Waals surface area (Å²) in [6.45, 7) is 1.49. The number of nitrogens with one attached hydrogen (secondary N) is 2. The van der Waals surface area contributed by atoms with E-state index >= 15 is 0 Å². The second kappa shape index (κ2) is 8.69. The highest BCUT2D eigenvalue weighted by molar-refractivity contribution is 6.03. The topological polar surface area (TPSA) is 70.7 Å². The number of halogens is 2. The number of rotatable bonds is 3. The van der Waals surface area contributed by atoms with Gasteiger partial charge in [0.05, 0.1) is 17.3 Å². The number of hydrogen-bond acceptors (Lipinski definition) is 3. The van der Waals surface area contributed by atoms with Crippen molar-refractivity contribution in [1.82, 2.24) is 10.2 Å². The van der Waals surface area contributed by atoms with Crippen LogP contribution >= 0.6 is 0 Å². The van der Waals surface area contributed by atoms with Crippen molar-refractivity contribution in [2.24, 2.45) is 0 Å². The largest absolute Gasteiger partial charge is 0.488 e. The minimum atomic E-state index is -0.752. The van der Waals surface area contributed by atoms with Gasteiger partial charge in [-0.3, -0.25) is 4.79 Å². The van der Waals surface area contributed by atoms with Crippen LogP contribution in [-0.2, 0) is 6.42 Å². The van der Waals surface area contributed by atoms with Gasteiger partial charge in [0.25, 0.3) is 5.91 Å². The Morgan fingerprint density at radius 3 is 2.63 bits per heavy atom. The lowest BCUT2D eigenvalue weighted by molar-refractivity contribution is 0.0725. The van der Waals surface area contributed by atoms with E-state index in [-0.39, 0.29) is 24.7 Å². The average Bonchev–Trinajstić information content (AvgIpc) is 2.74. The van der Waals surface area contributed by atoms with Crippen LogP contribution < -0.4 is 15.4 Å². The molecule has 2 aromatic rings. The zero-order chi connectivity index (χ0) is 21.1. The number of piperidine rings is 1. The Labute approximate surface area is 173 Å². The van der Waals surface area contributed by atoms with Gasteiger partial charge < -0.3 is 20.3 Å². The van der Waals surface area contributed by atoms with E-state index in [2.05, 4.69) is 10.6 Å². The number of likely N-dealkylation sites (tertiary alicyclic amines) is 1. The maximum atomic E-state index is 13.8. The number of hydrogen-bond donors (Lipinski definition) is 2. The summed E-state index contributed by atoms with van der Waals surface area (Å²) in [5, 5.41) is 5.47. The summed E-state index contributed by atoms with van der Waals surface area (Å²) >= 11 is 0. The predicted molar refractivity (Wildman–Crippen MR) is 108 cm³/mol. The minimum absolute atomic E-state index is 0.0207. The third-order valence-electron chi connectivity index (χ3n) is 5.36. The van der Waals surface area contributed by atoms with Crippen molar-refractivity contribution in [3.05, 3.63) is 59.2 Å². The van der Waals surface area contributed by atoms with Crippen molar-refractivity contribution >= 4 is 17.6 Å². The number of ether oxygens (including phenoxy) is 1. The molecule has 3 amide bonds. The van der Waals surface area contributed by atoms with Gasteiger partial charge >= 0.3 is 6.03 Å². The fourth-order valence-electron chi connectivity index (χ4n) is 3.92. The van der Waals surface area contributed by atoms with E-state index < -0.39 is 23.7 Å². The number of urea groups is 1. The van der Waals surface area contributed by atoms with Gasteiger partial charge in [-0.15, -0.1) is 0 Å². The smallest absolute Gasteiger partial charge is 0.319 e. The molecule has 2 N–H and O–H groups in total. The van der Waals surface area contributed by atoms with Crippen LogP contribution in [0.2, 0.25) is 0 Å². The van der Waals surface area contributed by atoms with Crippen LogP contribution in [0.4, 0.5) is 19.3 Å². The van der Waals surface area contributed by atoms with Gasteiger partial charge in [-0.25, -0.2) is 13.6 Å². The fraction of sp³-hybridized carbons (Fsp3) is 0.364. The van der Waals surface area contributed by atoms with Crippen LogP contribution in [0, 0.1) is 11.6 Å². The number of para-hydroxylation sites is 1. The number of benzene rings is 2. The molecule has 6 nitrogen and oxygen atoms in total. The minimum Gasteiger partial charge on any atom is -0.488 e. The summed E-state index contributed by atoms with van der Waals surface area (Å²) in [4.78, 5) is 27.2. The fourth-order valence-corrected chi connectivity index (χ4v) is 3.92. The molecule has 158 valence electrons. The van der Waals surface area contributed by atoms with E-state index in [1.807, 2.05) is 0 Å². The molecule has 0 aliphatic carbocycles. The van der Waals surface area contributed by atoms with Crippen LogP contribution in [0.15, 0.2) is 36.4 Å². The monoisotopic (exact) mass is 415 g/mol. The molecule has 2 aliphatic rings. The van der Waals surface area contributed by atoms with Crippen LogP contribution in [0.3, 0.4) is 0 Å². The number of carbonyl (C=O) groups is 2. The molecular weight excluding hydrogens is 392 g/mol. The summed E-state index contributed by atoms with van der Waals surface area (Å²) in [5.74, 6) is -1.53. The second-order valence-electron chi connectivity index (χ2n) is 7.58. The van der Waals surface area contributed by atoms with Gasteiger partial charge in [0.1, 0.15) is 12.4 Å². The highest BCUT2D eigenvalue weighted by Crippen LogP contribution is 2.29. The lowest BCUT2D eigenvalue weighted by Crippen LogP contribution is -2.45. The van der Waals surface area contributed by atoms with Crippen LogP contribution in [0.25, 0.3) is 0 Å². The molecule has 0 aromatic heterocycles. The molecule has 2 heterocycles. The Bertz CT molecular complexity index is 961. The van der Waals surface area contributed by atoms with E-state index in [4.69, 9.17) is 4.74 Å². The molecule has 2 aromatic carbocycles. The Kier molecular flexibility index (Phi) is 5.83. The highest BCUT2D eigenvalue weighted by Gasteiger charge is 2.26. The third-order valence-corrected chi connectivity index (χ3v) is 5.36. The number of carbonyl (C=O) groups excluding carboxylic acids is 2. The van der Waals surface area contributed by atoms with E-state index in [1.165, 1.54) is 6.07 Å². The summed E-state index contributed by atoms with van der Waals surface area (Å²) in [7, 11) is 0. The molecule has 0 bridgehead atoms. The van der Waals surface area contributed by atoms with Crippen LogP contribution in [0.1, 0.15) is 35.2 Å². The second-order valence-corrected chi connectivity index (χ2v) is 7.58. The highest BCUT2D eigenvalue weighted by atomic mass is 19.1. The lowest BCUT2D eigenvalue weighted by atomic mass is 10.0. The first-order valence-corrected chi connectivity index (χ1v) is 10.1. The Morgan fingerprint density at radius 2 is 1.83 bits per heavy atom. The first kappa shape index (κ1) is 20.1. The van der Waals surface area contributed by atoms with Crippen molar-refractivity contribution in [1.29, 1.82) is 0 Å². The molecule has 8 heteroatoms.